The van der Waals surface area contributed by atoms with E-state index in [1.165, 1.54) is 5.22 Å². The fourth-order valence-corrected chi connectivity index (χ4v) is 1.79. The summed E-state index contributed by atoms with van der Waals surface area (Å²) in [6, 6.07) is 6.00. The smallest absolute Gasteiger partial charge is 0.146 e. The summed E-state index contributed by atoms with van der Waals surface area (Å²) < 4.78 is 1.02. The lowest BCUT2D eigenvalue weighted by atomic mass is 10.2. The summed E-state index contributed by atoms with van der Waals surface area (Å²) in [6.45, 7) is 0. The number of halogens is 1. The molecule has 0 amide bonds. The largest absolute Gasteiger partial charge is 0.298 e. The van der Waals surface area contributed by atoms with Crippen LogP contribution in [0.1, 0.15) is 6.42 Å². The van der Waals surface area contributed by atoms with E-state index < -0.39 is 0 Å². The van der Waals surface area contributed by atoms with Gasteiger partial charge < -0.3 is 0 Å². The van der Waals surface area contributed by atoms with E-state index in [0.717, 1.165) is 28.0 Å². The third kappa shape index (κ3) is 1.12. The second kappa shape index (κ2) is 2.87. The Morgan fingerprint density at radius 2 is 2.25 bits per heavy atom. The van der Waals surface area contributed by atoms with Crippen molar-refractivity contribution in [3.63, 3.8) is 0 Å². The molecule has 1 aromatic carbocycles. The molecule has 0 heterocycles. The highest BCUT2D eigenvalue weighted by atomic mass is 79.9. The number of fused-ring (bicyclic) bond motifs is 1. The van der Waals surface area contributed by atoms with Gasteiger partial charge in [-0.1, -0.05) is 28.1 Å². The van der Waals surface area contributed by atoms with Crippen molar-refractivity contribution in [1.82, 2.24) is 0 Å². The SMILES string of the molecule is O=CC1=c2cc(Br)ccc2=CC1. The van der Waals surface area contributed by atoms with Crippen LogP contribution in [0.4, 0.5) is 0 Å². The zero-order valence-electron chi connectivity index (χ0n) is 6.38. The lowest BCUT2D eigenvalue weighted by molar-refractivity contribution is -0.103. The predicted molar refractivity (Wildman–Crippen MR) is 51.9 cm³/mol. The fourth-order valence-electron chi connectivity index (χ4n) is 1.43. The Morgan fingerprint density at radius 3 is 3.00 bits per heavy atom. The van der Waals surface area contributed by atoms with E-state index in [2.05, 4.69) is 22.0 Å². The van der Waals surface area contributed by atoms with Gasteiger partial charge in [-0.25, -0.2) is 0 Å². The molecule has 1 aliphatic rings. The number of aldehydes is 1. The van der Waals surface area contributed by atoms with Gasteiger partial charge in [0.2, 0.25) is 0 Å². The van der Waals surface area contributed by atoms with Gasteiger partial charge in [0.15, 0.2) is 0 Å². The second-order valence-electron chi connectivity index (χ2n) is 2.78. The molecule has 0 aliphatic heterocycles. The topological polar surface area (TPSA) is 17.1 Å². The average molecular weight is 223 g/mol. The van der Waals surface area contributed by atoms with Crippen LogP contribution in [-0.2, 0) is 4.79 Å². The minimum Gasteiger partial charge on any atom is -0.298 e. The molecule has 1 aromatic rings. The first kappa shape index (κ1) is 7.74. The zero-order valence-corrected chi connectivity index (χ0v) is 7.97. The van der Waals surface area contributed by atoms with Gasteiger partial charge >= 0.3 is 0 Å². The molecular weight excluding hydrogens is 216 g/mol. The molecule has 60 valence electrons. The first-order chi connectivity index (χ1) is 5.81. The molecule has 0 unspecified atom stereocenters. The quantitative estimate of drug-likeness (QED) is 0.648. The lowest BCUT2D eigenvalue weighted by Crippen LogP contribution is -2.22. The van der Waals surface area contributed by atoms with Crippen LogP contribution in [0.15, 0.2) is 22.7 Å². The zero-order chi connectivity index (χ0) is 8.55. The Morgan fingerprint density at radius 1 is 1.42 bits per heavy atom. The maximum atomic E-state index is 10.6. The van der Waals surface area contributed by atoms with Crippen molar-refractivity contribution < 1.29 is 4.79 Å². The summed E-state index contributed by atoms with van der Waals surface area (Å²) in [5.74, 6) is 0. The van der Waals surface area contributed by atoms with E-state index in [1.807, 2.05) is 18.2 Å². The average Bonchev–Trinajstić information content (AvgIpc) is 2.46. The summed E-state index contributed by atoms with van der Waals surface area (Å²) in [7, 11) is 0. The number of rotatable bonds is 1. The lowest BCUT2D eigenvalue weighted by Gasteiger charge is -1.89. The molecular formula is C10H7BrO. The molecule has 2 rings (SSSR count). The van der Waals surface area contributed by atoms with Crippen molar-refractivity contribution in [2.75, 3.05) is 0 Å². The van der Waals surface area contributed by atoms with E-state index in [4.69, 9.17) is 0 Å². The Labute approximate surface area is 78.5 Å². The molecule has 0 saturated carbocycles. The molecule has 0 radical (unpaired) electrons. The maximum absolute atomic E-state index is 10.6. The van der Waals surface area contributed by atoms with E-state index in [9.17, 15) is 4.79 Å². The first-order valence-corrected chi connectivity index (χ1v) is 4.54. The minimum absolute atomic E-state index is 0.773. The highest BCUT2D eigenvalue weighted by molar-refractivity contribution is 9.10. The van der Waals surface area contributed by atoms with Crippen LogP contribution in [0.2, 0.25) is 0 Å². The highest BCUT2D eigenvalue weighted by Crippen LogP contribution is 2.06. The van der Waals surface area contributed by atoms with Crippen LogP contribution in [0, 0.1) is 0 Å². The number of carbonyl (C=O) groups excluding carboxylic acids is 1. The predicted octanol–water partition coefficient (Wildman–Crippen LogP) is 0.983. The third-order valence-corrected chi connectivity index (χ3v) is 2.54. The van der Waals surface area contributed by atoms with Crippen LogP contribution in [0.3, 0.4) is 0 Å². The van der Waals surface area contributed by atoms with Crippen LogP contribution in [-0.4, -0.2) is 6.29 Å². The van der Waals surface area contributed by atoms with Crippen molar-refractivity contribution in [3.8, 4) is 0 Å². The fraction of sp³-hybridized carbons (Fsp3) is 0.100. The second-order valence-corrected chi connectivity index (χ2v) is 3.70. The van der Waals surface area contributed by atoms with Crippen LogP contribution in [0.25, 0.3) is 11.6 Å². The molecule has 0 N–H and O–H groups in total. The van der Waals surface area contributed by atoms with Crippen molar-refractivity contribution in [1.29, 1.82) is 0 Å². The van der Waals surface area contributed by atoms with Gasteiger partial charge in [-0.05, 0) is 29.0 Å². The van der Waals surface area contributed by atoms with Crippen LogP contribution in [0.5, 0.6) is 0 Å². The molecule has 1 aliphatic carbocycles. The van der Waals surface area contributed by atoms with Crippen molar-refractivity contribution in [2.24, 2.45) is 0 Å². The van der Waals surface area contributed by atoms with E-state index in [-0.39, 0.29) is 0 Å². The molecule has 0 bridgehead atoms. The molecule has 1 nitrogen and oxygen atoms in total. The minimum atomic E-state index is 0.773. The number of hydrogen-bond acceptors (Lipinski definition) is 1. The van der Waals surface area contributed by atoms with Crippen LogP contribution < -0.4 is 10.4 Å². The van der Waals surface area contributed by atoms with Gasteiger partial charge in [-0.15, -0.1) is 0 Å². The summed E-state index contributed by atoms with van der Waals surface area (Å²) in [6.07, 6.45) is 3.79. The molecule has 0 spiro atoms. The Balaban J connectivity index is 2.87. The Kier molecular flexibility index (Phi) is 1.85. The summed E-state index contributed by atoms with van der Waals surface area (Å²) >= 11 is 3.38. The van der Waals surface area contributed by atoms with Crippen molar-refractivity contribution in [2.45, 2.75) is 6.42 Å². The Bertz CT molecular complexity index is 445. The molecule has 0 saturated heterocycles. The highest BCUT2D eigenvalue weighted by Gasteiger charge is 2.03. The first-order valence-electron chi connectivity index (χ1n) is 3.75. The van der Waals surface area contributed by atoms with E-state index >= 15 is 0 Å². The van der Waals surface area contributed by atoms with Crippen molar-refractivity contribution >= 4 is 33.9 Å². The summed E-state index contributed by atoms with van der Waals surface area (Å²) in [5.41, 5.74) is 0.881. The Hall–Kier alpha value is -0.890. The normalized spacial score (nSPS) is 13.9. The van der Waals surface area contributed by atoms with Gasteiger partial charge in [0.25, 0.3) is 0 Å². The molecule has 2 heteroatoms. The monoisotopic (exact) mass is 222 g/mol. The van der Waals surface area contributed by atoms with Gasteiger partial charge in [-0.2, -0.15) is 0 Å². The van der Waals surface area contributed by atoms with Crippen LogP contribution >= 0.6 is 15.9 Å². The van der Waals surface area contributed by atoms with E-state index in [1.54, 1.807) is 0 Å². The summed E-state index contributed by atoms with van der Waals surface area (Å²) in [4.78, 5) is 10.6. The number of carbonyl (C=O) groups is 1. The summed E-state index contributed by atoms with van der Waals surface area (Å²) in [5, 5.41) is 2.24. The molecule has 0 aromatic heterocycles. The number of hydrogen-bond donors (Lipinski definition) is 0. The third-order valence-electron chi connectivity index (χ3n) is 2.05. The maximum Gasteiger partial charge on any atom is 0.146 e. The molecule has 12 heavy (non-hydrogen) atoms. The standard InChI is InChI=1S/C10H7BrO/c11-9-4-3-7-1-2-8(6-12)10(7)5-9/h1,3-6H,2H2. The van der Waals surface area contributed by atoms with Crippen molar-refractivity contribution in [3.05, 3.63) is 33.1 Å². The van der Waals surface area contributed by atoms with E-state index in [0.29, 0.717) is 0 Å². The molecule has 0 atom stereocenters. The van der Waals surface area contributed by atoms with Gasteiger partial charge in [0.1, 0.15) is 6.29 Å². The van der Waals surface area contributed by atoms with Gasteiger partial charge in [0, 0.05) is 10.0 Å². The molecule has 0 fully saturated rings. The van der Waals surface area contributed by atoms with Gasteiger partial charge in [-0.3, -0.25) is 4.79 Å². The van der Waals surface area contributed by atoms with Gasteiger partial charge in [0.05, 0.1) is 0 Å². The number of benzene rings is 1.